The Labute approximate surface area is 74.3 Å². The highest BCUT2D eigenvalue weighted by Gasteiger charge is 2.38. The number of aliphatic carboxylic acids is 1. The van der Waals surface area contributed by atoms with Gasteiger partial charge in [-0.3, -0.25) is 4.79 Å². The molecule has 0 aliphatic rings. The minimum atomic E-state index is -0.708. The van der Waals surface area contributed by atoms with Crippen molar-refractivity contribution in [2.45, 2.75) is 33.6 Å². The highest BCUT2D eigenvalue weighted by atomic mass is 16.4. The van der Waals surface area contributed by atoms with Crippen LogP contribution < -0.4 is 0 Å². The van der Waals surface area contributed by atoms with Gasteiger partial charge in [0, 0.05) is 0 Å². The normalized spacial score (nSPS) is 13.9. The maximum atomic E-state index is 11.0. The van der Waals surface area contributed by atoms with Gasteiger partial charge in [-0.25, -0.2) is 0 Å². The smallest absolute Gasteiger partial charge is 0.310 e. The Hall–Kier alpha value is -0.790. The Bertz CT molecular complexity index is 169. The molecule has 0 fully saturated rings. The summed E-state index contributed by atoms with van der Waals surface area (Å²) in [5.41, 5.74) is -0.609. The van der Waals surface area contributed by atoms with Gasteiger partial charge >= 0.3 is 5.97 Å². The molecule has 0 heterocycles. The van der Waals surface area contributed by atoms with Crippen molar-refractivity contribution in [3.8, 4) is 0 Å². The quantitative estimate of drug-likeness (QED) is 0.644. The molecule has 0 amide bonds. The highest BCUT2D eigenvalue weighted by Crippen LogP contribution is 2.36. The molecule has 0 radical (unpaired) electrons. The van der Waals surface area contributed by atoms with Crippen LogP contribution in [0.15, 0.2) is 12.7 Å². The fourth-order valence-electron chi connectivity index (χ4n) is 1.62. The molecule has 0 aromatic carbocycles. The van der Waals surface area contributed by atoms with E-state index in [-0.39, 0.29) is 5.92 Å². The largest absolute Gasteiger partial charge is 0.481 e. The lowest BCUT2D eigenvalue weighted by atomic mass is 9.72. The van der Waals surface area contributed by atoms with Crippen LogP contribution in [0.4, 0.5) is 0 Å². The highest BCUT2D eigenvalue weighted by molar-refractivity contribution is 5.75. The van der Waals surface area contributed by atoms with Crippen molar-refractivity contribution in [1.29, 1.82) is 0 Å². The van der Waals surface area contributed by atoms with Crippen molar-refractivity contribution < 1.29 is 9.90 Å². The average molecular weight is 170 g/mol. The van der Waals surface area contributed by atoms with Crippen LogP contribution in [0.2, 0.25) is 0 Å². The van der Waals surface area contributed by atoms with Gasteiger partial charge in [0.05, 0.1) is 5.41 Å². The molecule has 1 atom stereocenters. The van der Waals surface area contributed by atoms with Crippen LogP contribution in [-0.4, -0.2) is 11.1 Å². The van der Waals surface area contributed by atoms with Crippen LogP contribution in [0, 0.1) is 11.3 Å². The number of carbonyl (C=O) groups is 1. The molecule has 0 aromatic rings. The van der Waals surface area contributed by atoms with E-state index >= 15 is 0 Å². The molecular weight excluding hydrogens is 152 g/mol. The zero-order valence-electron chi connectivity index (χ0n) is 8.13. The number of rotatable bonds is 5. The van der Waals surface area contributed by atoms with Crippen molar-refractivity contribution in [2.75, 3.05) is 0 Å². The van der Waals surface area contributed by atoms with E-state index < -0.39 is 11.4 Å². The fraction of sp³-hybridized carbons (Fsp3) is 0.700. The lowest BCUT2D eigenvalue weighted by Crippen LogP contribution is -2.35. The Kier molecular flexibility index (Phi) is 4.01. The van der Waals surface area contributed by atoms with Crippen LogP contribution in [0.1, 0.15) is 33.6 Å². The van der Waals surface area contributed by atoms with Gasteiger partial charge in [0.25, 0.3) is 0 Å². The van der Waals surface area contributed by atoms with E-state index in [0.717, 1.165) is 0 Å². The van der Waals surface area contributed by atoms with Crippen LogP contribution in [0.25, 0.3) is 0 Å². The third kappa shape index (κ3) is 1.68. The number of carboxylic acid groups (broad SMARTS) is 1. The predicted octanol–water partition coefficient (Wildman–Crippen LogP) is 2.70. The Morgan fingerprint density at radius 3 is 2.08 bits per heavy atom. The molecule has 0 spiro atoms. The lowest BCUT2D eigenvalue weighted by Gasteiger charge is -2.31. The maximum absolute atomic E-state index is 11.0. The first kappa shape index (κ1) is 11.2. The third-order valence-electron chi connectivity index (χ3n) is 2.91. The molecule has 0 aromatic heterocycles. The first-order valence-electron chi connectivity index (χ1n) is 4.41. The number of hydrogen-bond acceptors (Lipinski definition) is 1. The first-order valence-corrected chi connectivity index (χ1v) is 4.41. The second kappa shape index (κ2) is 4.29. The van der Waals surface area contributed by atoms with E-state index in [1.165, 1.54) is 0 Å². The summed E-state index contributed by atoms with van der Waals surface area (Å²) >= 11 is 0. The molecule has 12 heavy (non-hydrogen) atoms. The van der Waals surface area contributed by atoms with Crippen molar-refractivity contribution in [3.63, 3.8) is 0 Å². The molecule has 0 saturated carbocycles. The summed E-state index contributed by atoms with van der Waals surface area (Å²) in [5.74, 6) is -0.676. The summed E-state index contributed by atoms with van der Waals surface area (Å²) < 4.78 is 0. The molecule has 0 aliphatic heterocycles. The van der Waals surface area contributed by atoms with Gasteiger partial charge in [0.2, 0.25) is 0 Å². The summed E-state index contributed by atoms with van der Waals surface area (Å²) in [5, 5.41) is 9.08. The van der Waals surface area contributed by atoms with Crippen molar-refractivity contribution >= 4 is 5.97 Å². The minimum absolute atomic E-state index is 0.0324. The SMILES string of the molecule is C=CC(C)C(CC)(CC)C(=O)O. The van der Waals surface area contributed by atoms with E-state index in [9.17, 15) is 4.79 Å². The Balaban J connectivity index is 4.80. The lowest BCUT2D eigenvalue weighted by molar-refractivity contribution is -0.151. The Morgan fingerprint density at radius 1 is 1.58 bits per heavy atom. The van der Waals surface area contributed by atoms with Gasteiger partial charge in [0.15, 0.2) is 0 Å². The second-order valence-electron chi connectivity index (χ2n) is 3.19. The molecule has 0 aliphatic carbocycles. The zero-order valence-corrected chi connectivity index (χ0v) is 8.13. The summed E-state index contributed by atoms with van der Waals surface area (Å²) in [6.07, 6.45) is 3.04. The average Bonchev–Trinajstić information content (AvgIpc) is 2.06. The standard InChI is InChI=1S/C10H18O2/c1-5-8(4)10(6-2,7-3)9(11)12/h5,8H,1,6-7H2,2-4H3,(H,11,12). The maximum Gasteiger partial charge on any atom is 0.310 e. The van der Waals surface area contributed by atoms with Gasteiger partial charge in [-0.2, -0.15) is 0 Å². The molecule has 0 rings (SSSR count). The van der Waals surface area contributed by atoms with Crippen LogP contribution >= 0.6 is 0 Å². The van der Waals surface area contributed by atoms with Crippen LogP contribution in [0.3, 0.4) is 0 Å². The molecule has 0 saturated heterocycles. The summed E-state index contributed by atoms with van der Waals surface area (Å²) in [7, 11) is 0. The number of hydrogen-bond donors (Lipinski definition) is 1. The molecule has 0 bridgehead atoms. The monoisotopic (exact) mass is 170 g/mol. The molecule has 70 valence electrons. The van der Waals surface area contributed by atoms with E-state index in [1.807, 2.05) is 20.8 Å². The number of carboxylic acids is 1. The summed E-state index contributed by atoms with van der Waals surface area (Å²) in [4.78, 5) is 11.0. The zero-order chi connectivity index (χ0) is 9.78. The third-order valence-corrected chi connectivity index (χ3v) is 2.91. The molecular formula is C10H18O2. The van der Waals surface area contributed by atoms with Gasteiger partial charge in [-0.1, -0.05) is 26.8 Å². The van der Waals surface area contributed by atoms with E-state index in [1.54, 1.807) is 6.08 Å². The fourth-order valence-corrected chi connectivity index (χ4v) is 1.62. The second-order valence-corrected chi connectivity index (χ2v) is 3.19. The minimum Gasteiger partial charge on any atom is -0.481 e. The van der Waals surface area contributed by atoms with E-state index in [4.69, 9.17) is 5.11 Å². The summed E-state index contributed by atoms with van der Waals surface area (Å²) in [6, 6.07) is 0. The Morgan fingerprint density at radius 2 is 2.00 bits per heavy atom. The molecule has 2 heteroatoms. The van der Waals surface area contributed by atoms with Crippen molar-refractivity contribution in [1.82, 2.24) is 0 Å². The van der Waals surface area contributed by atoms with Gasteiger partial charge in [-0.05, 0) is 18.8 Å². The van der Waals surface area contributed by atoms with E-state index in [0.29, 0.717) is 12.8 Å². The van der Waals surface area contributed by atoms with Crippen molar-refractivity contribution in [2.24, 2.45) is 11.3 Å². The number of allylic oxidation sites excluding steroid dienone is 1. The molecule has 1 unspecified atom stereocenters. The van der Waals surface area contributed by atoms with Crippen molar-refractivity contribution in [3.05, 3.63) is 12.7 Å². The molecule has 2 nitrogen and oxygen atoms in total. The van der Waals surface area contributed by atoms with Gasteiger partial charge in [-0.15, -0.1) is 6.58 Å². The predicted molar refractivity (Wildman–Crippen MR) is 50.0 cm³/mol. The van der Waals surface area contributed by atoms with Gasteiger partial charge in [0.1, 0.15) is 0 Å². The van der Waals surface area contributed by atoms with Crippen LogP contribution in [-0.2, 0) is 4.79 Å². The first-order chi connectivity index (χ1) is 5.55. The summed E-state index contributed by atoms with van der Waals surface area (Å²) in [6.45, 7) is 9.38. The van der Waals surface area contributed by atoms with Gasteiger partial charge < -0.3 is 5.11 Å². The molecule has 1 N–H and O–H groups in total. The van der Waals surface area contributed by atoms with E-state index in [2.05, 4.69) is 6.58 Å². The topological polar surface area (TPSA) is 37.3 Å². The van der Waals surface area contributed by atoms with Crippen LogP contribution in [0.5, 0.6) is 0 Å².